The number of carbonyl (C=O) groups excluding carboxylic acids is 1. The number of hydrogen-bond donors (Lipinski definition) is 5. The average Bonchev–Trinajstić information content (AvgIpc) is 2.71. The van der Waals surface area contributed by atoms with Crippen LogP contribution in [-0.4, -0.2) is 6.03 Å². The van der Waals surface area contributed by atoms with Crippen LogP contribution in [-0.2, 0) is 6.61 Å². The highest BCUT2D eigenvalue weighted by molar-refractivity contribution is 5.91. The Balaban J connectivity index is 2.24. The molecule has 0 bridgehead atoms. The number of rotatable bonds is 6. The van der Waals surface area contributed by atoms with Gasteiger partial charge in [0.15, 0.2) is 0 Å². The van der Waals surface area contributed by atoms with Gasteiger partial charge in [0.05, 0.1) is 11.4 Å². The minimum atomic E-state index is -0.626. The molecule has 0 spiro atoms. The van der Waals surface area contributed by atoms with Gasteiger partial charge in [-0.1, -0.05) is 12.1 Å². The standard InChI is InChI=1S/C19H27N7O2/c1-12-5-4-6-17(26(23)19(27)24-21)16(12)11-28-18-8-7-15(9-13(18)2)25(22)14(3)10-20/h4-10H,11,20-23H2,1-3H3,(H,24,27)/b14-10-. The summed E-state index contributed by atoms with van der Waals surface area (Å²) in [5, 5.41) is 2.45. The maximum atomic E-state index is 11.8. The molecular formula is C19H27N7O2. The van der Waals surface area contributed by atoms with Crippen LogP contribution < -0.4 is 43.4 Å². The lowest BCUT2D eigenvalue weighted by Crippen LogP contribution is -2.48. The van der Waals surface area contributed by atoms with E-state index in [0.29, 0.717) is 11.4 Å². The molecule has 0 aliphatic heterocycles. The van der Waals surface area contributed by atoms with Crippen LogP contribution in [0.5, 0.6) is 5.75 Å². The van der Waals surface area contributed by atoms with Gasteiger partial charge in [-0.3, -0.25) is 10.4 Å². The number of carbonyl (C=O) groups is 1. The van der Waals surface area contributed by atoms with E-state index in [9.17, 15) is 4.79 Å². The smallest absolute Gasteiger partial charge is 0.350 e. The first kappa shape index (κ1) is 21.0. The SMILES string of the molecule is C/C(=C/N)N(N)c1ccc(OCc2c(C)cccc2N(N)C(=O)NN)c(C)c1. The van der Waals surface area contributed by atoms with Gasteiger partial charge in [-0.15, -0.1) is 0 Å². The number of hydrazine groups is 3. The predicted octanol–water partition coefficient (Wildman–Crippen LogP) is 1.65. The molecule has 150 valence electrons. The van der Waals surface area contributed by atoms with Gasteiger partial charge < -0.3 is 10.5 Å². The Morgan fingerprint density at radius 1 is 1.14 bits per heavy atom. The number of anilines is 2. The summed E-state index contributed by atoms with van der Waals surface area (Å²) in [4.78, 5) is 11.8. The predicted molar refractivity (Wildman–Crippen MR) is 111 cm³/mol. The fourth-order valence-electron chi connectivity index (χ4n) is 2.66. The van der Waals surface area contributed by atoms with Crippen molar-refractivity contribution in [3.63, 3.8) is 0 Å². The van der Waals surface area contributed by atoms with E-state index < -0.39 is 6.03 Å². The number of benzene rings is 2. The molecule has 0 aliphatic rings. The van der Waals surface area contributed by atoms with Crippen LogP contribution in [0.2, 0.25) is 0 Å². The lowest BCUT2D eigenvalue weighted by molar-refractivity contribution is 0.246. The maximum Gasteiger partial charge on any atom is 0.350 e. The molecule has 9 N–H and O–H groups in total. The molecule has 2 aromatic carbocycles. The fraction of sp³-hybridized carbons (Fsp3) is 0.211. The van der Waals surface area contributed by atoms with Crippen LogP contribution in [0.3, 0.4) is 0 Å². The number of ether oxygens (including phenoxy) is 1. The molecule has 0 radical (unpaired) electrons. The maximum absolute atomic E-state index is 11.8. The summed E-state index contributed by atoms with van der Waals surface area (Å²) in [6.45, 7) is 5.88. The Morgan fingerprint density at radius 2 is 1.86 bits per heavy atom. The second kappa shape index (κ2) is 9.09. The van der Waals surface area contributed by atoms with E-state index in [1.807, 2.05) is 50.5 Å². The lowest BCUT2D eigenvalue weighted by Gasteiger charge is -2.22. The third-order valence-corrected chi connectivity index (χ3v) is 4.42. The van der Waals surface area contributed by atoms with E-state index in [-0.39, 0.29) is 6.61 Å². The molecule has 2 amide bonds. The summed E-state index contributed by atoms with van der Waals surface area (Å²) in [5.41, 5.74) is 12.2. The molecule has 0 aromatic heterocycles. The highest BCUT2D eigenvalue weighted by Crippen LogP contribution is 2.28. The monoisotopic (exact) mass is 385 g/mol. The van der Waals surface area contributed by atoms with E-state index in [2.05, 4.69) is 0 Å². The second-order valence-electron chi connectivity index (χ2n) is 6.31. The number of nitrogens with zero attached hydrogens (tertiary/aromatic N) is 2. The molecule has 0 fully saturated rings. The summed E-state index contributed by atoms with van der Waals surface area (Å²) >= 11 is 0. The molecular weight excluding hydrogens is 358 g/mol. The zero-order valence-corrected chi connectivity index (χ0v) is 16.3. The number of amides is 2. The van der Waals surface area contributed by atoms with E-state index in [1.165, 1.54) is 11.2 Å². The quantitative estimate of drug-likeness (QED) is 0.288. The van der Waals surface area contributed by atoms with Crippen LogP contribution in [0.1, 0.15) is 23.6 Å². The first-order chi connectivity index (χ1) is 13.3. The Kier molecular flexibility index (Phi) is 6.83. The average molecular weight is 385 g/mol. The minimum absolute atomic E-state index is 0.224. The highest BCUT2D eigenvalue weighted by atomic mass is 16.5. The summed E-state index contributed by atoms with van der Waals surface area (Å²) in [7, 11) is 0. The number of nitrogens with two attached hydrogens (primary N) is 4. The Hall–Kier alpha value is -3.27. The van der Waals surface area contributed by atoms with Crippen LogP contribution >= 0.6 is 0 Å². The van der Waals surface area contributed by atoms with Crippen molar-refractivity contribution in [2.45, 2.75) is 27.4 Å². The zero-order chi connectivity index (χ0) is 20.8. The number of hydrogen-bond acceptors (Lipinski definition) is 7. The summed E-state index contributed by atoms with van der Waals surface area (Å²) in [6.07, 6.45) is 1.44. The third kappa shape index (κ3) is 4.52. The first-order valence-electron chi connectivity index (χ1n) is 8.60. The van der Waals surface area contributed by atoms with Gasteiger partial charge in [-0.05, 0) is 56.2 Å². The molecule has 0 aliphatic carbocycles. The molecule has 0 saturated carbocycles. The van der Waals surface area contributed by atoms with E-state index in [0.717, 1.165) is 33.1 Å². The molecule has 2 rings (SSSR count). The molecule has 0 unspecified atom stereocenters. The minimum Gasteiger partial charge on any atom is -0.489 e. The third-order valence-electron chi connectivity index (χ3n) is 4.42. The number of nitrogens with one attached hydrogen (secondary N) is 1. The number of allylic oxidation sites excluding steroid dienone is 1. The van der Waals surface area contributed by atoms with Crippen LogP contribution in [0.25, 0.3) is 0 Å². The highest BCUT2D eigenvalue weighted by Gasteiger charge is 2.17. The topological polar surface area (TPSA) is 149 Å². The van der Waals surface area contributed by atoms with Gasteiger partial charge in [0.1, 0.15) is 12.4 Å². The van der Waals surface area contributed by atoms with Gasteiger partial charge in [0, 0.05) is 17.5 Å². The Morgan fingerprint density at radius 3 is 2.46 bits per heavy atom. The van der Waals surface area contributed by atoms with E-state index in [1.54, 1.807) is 12.1 Å². The Bertz CT molecular complexity index is 883. The van der Waals surface area contributed by atoms with Crippen molar-refractivity contribution < 1.29 is 9.53 Å². The largest absolute Gasteiger partial charge is 0.489 e. The molecule has 9 nitrogen and oxygen atoms in total. The Labute approximate surface area is 164 Å². The van der Waals surface area contributed by atoms with Crippen LogP contribution in [0, 0.1) is 13.8 Å². The van der Waals surface area contributed by atoms with Crippen molar-refractivity contribution in [3.05, 3.63) is 65.0 Å². The number of aryl methyl sites for hydroxylation is 2. The molecule has 0 atom stereocenters. The second-order valence-corrected chi connectivity index (χ2v) is 6.31. The van der Waals surface area contributed by atoms with Gasteiger partial charge in [0.2, 0.25) is 0 Å². The lowest BCUT2D eigenvalue weighted by atomic mass is 10.1. The molecule has 0 heterocycles. The first-order valence-corrected chi connectivity index (χ1v) is 8.60. The van der Waals surface area contributed by atoms with Crippen molar-refractivity contribution in [3.8, 4) is 5.75 Å². The van der Waals surface area contributed by atoms with Crippen LogP contribution in [0.15, 0.2) is 48.3 Å². The van der Waals surface area contributed by atoms with Crippen molar-refractivity contribution >= 4 is 17.4 Å². The van der Waals surface area contributed by atoms with Crippen LogP contribution in [0.4, 0.5) is 16.2 Å². The van der Waals surface area contributed by atoms with Gasteiger partial charge in [-0.2, -0.15) is 0 Å². The molecule has 9 heteroatoms. The number of urea groups is 1. The normalized spacial score (nSPS) is 11.1. The van der Waals surface area contributed by atoms with Crippen molar-refractivity contribution in [2.75, 3.05) is 10.0 Å². The van der Waals surface area contributed by atoms with E-state index in [4.69, 9.17) is 28.0 Å². The van der Waals surface area contributed by atoms with Crippen molar-refractivity contribution in [1.29, 1.82) is 0 Å². The van der Waals surface area contributed by atoms with Crippen molar-refractivity contribution in [2.24, 2.45) is 23.3 Å². The summed E-state index contributed by atoms with van der Waals surface area (Å²) in [6, 6.07) is 10.4. The van der Waals surface area contributed by atoms with Gasteiger partial charge in [-0.25, -0.2) is 27.3 Å². The summed E-state index contributed by atoms with van der Waals surface area (Å²) in [5.74, 6) is 17.7. The van der Waals surface area contributed by atoms with Crippen molar-refractivity contribution in [1.82, 2.24) is 5.43 Å². The summed E-state index contributed by atoms with van der Waals surface area (Å²) < 4.78 is 5.99. The van der Waals surface area contributed by atoms with Gasteiger partial charge >= 0.3 is 6.03 Å². The van der Waals surface area contributed by atoms with Gasteiger partial charge in [0.25, 0.3) is 0 Å². The zero-order valence-electron chi connectivity index (χ0n) is 16.3. The van der Waals surface area contributed by atoms with E-state index >= 15 is 0 Å². The fourth-order valence-corrected chi connectivity index (χ4v) is 2.66. The molecule has 2 aromatic rings. The molecule has 0 saturated heterocycles. The molecule has 28 heavy (non-hydrogen) atoms.